The maximum atomic E-state index is 11.9. The Hall–Kier alpha value is -0.780. The van der Waals surface area contributed by atoms with Crippen LogP contribution in [0.15, 0.2) is 0 Å². The minimum absolute atomic E-state index is 0.0879. The predicted octanol–water partition coefficient (Wildman–Crippen LogP) is 1.56. The van der Waals surface area contributed by atoms with Crippen LogP contribution in [0.25, 0.3) is 0 Å². The molecule has 0 bridgehead atoms. The second-order valence-electron chi connectivity index (χ2n) is 4.12. The zero-order valence-electron chi connectivity index (χ0n) is 8.96. The number of likely N-dealkylation sites (tertiary alicyclic amines) is 1. The monoisotopic (exact) mass is 239 g/mol. The maximum Gasteiger partial charge on any atom is 0.389 e. The minimum atomic E-state index is -4.26. The molecule has 0 radical (unpaired) electrons. The molecule has 1 saturated heterocycles. The SMILES string of the molecule is O=C(CCC(F)(F)F)N1CCC(CO)CC1. The predicted molar refractivity (Wildman–Crippen MR) is 51.7 cm³/mol. The molecule has 0 aliphatic carbocycles. The van der Waals surface area contributed by atoms with E-state index >= 15 is 0 Å². The van der Waals surface area contributed by atoms with Crippen molar-refractivity contribution in [1.29, 1.82) is 0 Å². The molecule has 94 valence electrons. The molecule has 0 aromatic heterocycles. The number of rotatable bonds is 3. The van der Waals surface area contributed by atoms with Gasteiger partial charge in [0.25, 0.3) is 0 Å². The highest BCUT2D eigenvalue weighted by Gasteiger charge is 2.30. The normalized spacial score (nSPS) is 18.9. The zero-order chi connectivity index (χ0) is 12.2. The van der Waals surface area contributed by atoms with Crippen molar-refractivity contribution in [2.24, 2.45) is 5.92 Å². The number of aliphatic hydroxyl groups excluding tert-OH is 1. The summed E-state index contributed by atoms with van der Waals surface area (Å²) in [5.41, 5.74) is 0. The summed E-state index contributed by atoms with van der Waals surface area (Å²) in [5.74, 6) is -0.250. The summed E-state index contributed by atoms with van der Waals surface area (Å²) in [7, 11) is 0. The largest absolute Gasteiger partial charge is 0.396 e. The zero-order valence-corrected chi connectivity index (χ0v) is 8.96. The molecular formula is C10H16F3NO2. The van der Waals surface area contributed by atoms with Gasteiger partial charge in [0.2, 0.25) is 5.91 Å². The number of aliphatic hydroxyl groups is 1. The summed E-state index contributed by atoms with van der Waals surface area (Å²) in [6, 6.07) is 0. The van der Waals surface area contributed by atoms with Crippen LogP contribution in [0.3, 0.4) is 0 Å². The van der Waals surface area contributed by atoms with E-state index in [9.17, 15) is 18.0 Å². The van der Waals surface area contributed by atoms with Crippen LogP contribution in [-0.4, -0.2) is 41.8 Å². The molecule has 3 nitrogen and oxygen atoms in total. The van der Waals surface area contributed by atoms with E-state index in [2.05, 4.69) is 0 Å². The van der Waals surface area contributed by atoms with Gasteiger partial charge >= 0.3 is 6.18 Å². The molecule has 1 aliphatic rings. The lowest BCUT2D eigenvalue weighted by Gasteiger charge is -2.31. The summed E-state index contributed by atoms with van der Waals surface area (Å²) in [6.45, 7) is 1.01. The first-order chi connectivity index (χ1) is 7.42. The van der Waals surface area contributed by atoms with Crippen molar-refractivity contribution in [3.63, 3.8) is 0 Å². The molecule has 0 aromatic rings. The number of piperidine rings is 1. The number of halogens is 3. The number of hydrogen-bond donors (Lipinski definition) is 1. The quantitative estimate of drug-likeness (QED) is 0.812. The van der Waals surface area contributed by atoms with E-state index in [0.29, 0.717) is 25.9 Å². The molecule has 1 heterocycles. The van der Waals surface area contributed by atoms with E-state index in [1.54, 1.807) is 0 Å². The van der Waals surface area contributed by atoms with Gasteiger partial charge in [-0.3, -0.25) is 4.79 Å². The Balaban J connectivity index is 2.28. The average Bonchev–Trinajstić information content (AvgIpc) is 2.25. The van der Waals surface area contributed by atoms with Gasteiger partial charge in [-0.15, -0.1) is 0 Å². The van der Waals surface area contributed by atoms with Crippen molar-refractivity contribution in [2.45, 2.75) is 31.9 Å². The van der Waals surface area contributed by atoms with Crippen molar-refractivity contribution in [1.82, 2.24) is 4.90 Å². The van der Waals surface area contributed by atoms with Gasteiger partial charge in [0.1, 0.15) is 0 Å². The Bertz CT molecular complexity index is 235. The van der Waals surface area contributed by atoms with Gasteiger partial charge in [-0.05, 0) is 18.8 Å². The van der Waals surface area contributed by atoms with Crippen LogP contribution in [0, 0.1) is 5.92 Å². The fourth-order valence-corrected chi connectivity index (χ4v) is 1.77. The van der Waals surface area contributed by atoms with Gasteiger partial charge in [-0.2, -0.15) is 13.2 Å². The lowest BCUT2D eigenvalue weighted by atomic mass is 9.97. The van der Waals surface area contributed by atoms with E-state index in [0.717, 1.165) is 0 Å². The number of carbonyl (C=O) groups excluding carboxylic acids is 1. The molecule has 0 unspecified atom stereocenters. The molecule has 6 heteroatoms. The number of amides is 1. The highest BCUT2D eigenvalue weighted by Crippen LogP contribution is 2.23. The average molecular weight is 239 g/mol. The number of carbonyl (C=O) groups is 1. The second-order valence-corrected chi connectivity index (χ2v) is 4.12. The van der Waals surface area contributed by atoms with Crippen LogP contribution in [0.2, 0.25) is 0 Å². The van der Waals surface area contributed by atoms with E-state index in [4.69, 9.17) is 5.11 Å². The molecule has 0 spiro atoms. The molecule has 0 atom stereocenters. The lowest BCUT2D eigenvalue weighted by Crippen LogP contribution is -2.39. The Kier molecular flexibility index (Phi) is 4.58. The highest BCUT2D eigenvalue weighted by molar-refractivity contribution is 5.76. The van der Waals surface area contributed by atoms with Crippen LogP contribution in [0.5, 0.6) is 0 Å². The smallest absolute Gasteiger partial charge is 0.389 e. The third-order valence-corrected chi connectivity index (χ3v) is 2.85. The fourth-order valence-electron chi connectivity index (χ4n) is 1.77. The van der Waals surface area contributed by atoms with Crippen molar-refractivity contribution in [3.05, 3.63) is 0 Å². The summed E-state index contributed by atoms with van der Waals surface area (Å²) < 4.78 is 35.7. The Morgan fingerprint density at radius 2 is 1.88 bits per heavy atom. The summed E-state index contributed by atoms with van der Waals surface area (Å²) in [5, 5.41) is 8.87. The van der Waals surface area contributed by atoms with Crippen molar-refractivity contribution < 1.29 is 23.1 Å². The van der Waals surface area contributed by atoms with Crippen molar-refractivity contribution >= 4 is 5.91 Å². The van der Waals surface area contributed by atoms with E-state index in [-0.39, 0.29) is 12.5 Å². The molecule has 1 rings (SSSR count). The van der Waals surface area contributed by atoms with Crippen molar-refractivity contribution in [2.75, 3.05) is 19.7 Å². The van der Waals surface area contributed by atoms with Crippen LogP contribution in [0.4, 0.5) is 13.2 Å². The number of nitrogens with zero attached hydrogens (tertiary/aromatic N) is 1. The highest BCUT2D eigenvalue weighted by atomic mass is 19.4. The van der Waals surface area contributed by atoms with Gasteiger partial charge in [0.05, 0.1) is 6.42 Å². The van der Waals surface area contributed by atoms with Crippen molar-refractivity contribution in [3.8, 4) is 0 Å². The Morgan fingerprint density at radius 3 is 2.31 bits per heavy atom. The standard InChI is InChI=1S/C10H16F3NO2/c11-10(12,13)4-1-9(16)14-5-2-8(7-15)3-6-14/h8,15H,1-7H2. The number of alkyl halides is 3. The van der Waals surface area contributed by atoms with E-state index in [1.165, 1.54) is 4.90 Å². The lowest BCUT2D eigenvalue weighted by molar-refractivity contribution is -0.150. The van der Waals surface area contributed by atoms with Gasteiger partial charge in [0, 0.05) is 26.1 Å². The first kappa shape index (κ1) is 13.3. The third kappa shape index (κ3) is 4.38. The van der Waals surface area contributed by atoms with Crippen LogP contribution in [-0.2, 0) is 4.79 Å². The molecule has 0 saturated carbocycles. The first-order valence-electron chi connectivity index (χ1n) is 5.38. The minimum Gasteiger partial charge on any atom is -0.396 e. The summed E-state index contributed by atoms with van der Waals surface area (Å²) >= 11 is 0. The van der Waals surface area contributed by atoms with Gasteiger partial charge in [-0.25, -0.2) is 0 Å². The third-order valence-electron chi connectivity index (χ3n) is 2.85. The Labute approximate surface area is 92.2 Å². The second kappa shape index (κ2) is 5.52. The molecule has 16 heavy (non-hydrogen) atoms. The molecule has 1 N–H and O–H groups in total. The van der Waals surface area contributed by atoms with Crippen LogP contribution >= 0.6 is 0 Å². The Morgan fingerprint density at radius 1 is 1.31 bits per heavy atom. The molecule has 1 aliphatic heterocycles. The van der Waals surface area contributed by atoms with Gasteiger partial charge in [0.15, 0.2) is 0 Å². The topological polar surface area (TPSA) is 40.5 Å². The molecular weight excluding hydrogens is 223 g/mol. The van der Waals surface area contributed by atoms with Crippen LogP contribution < -0.4 is 0 Å². The first-order valence-corrected chi connectivity index (χ1v) is 5.38. The summed E-state index contributed by atoms with van der Waals surface area (Å²) in [4.78, 5) is 12.9. The molecule has 0 aromatic carbocycles. The van der Waals surface area contributed by atoms with Gasteiger partial charge < -0.3 is 10.0 Å². The maximum absolute atomic E-state index is 11.9. The van der Waals surface area contributed by atoms with Crippen LogP contribution in [0.1, 0.15) is 25.7 Å². The molecule has 1 amide bonds. The van der Waals surface area contributed by atoms with Gasteiger partial charge in [-0.1, -0.05) is 0 Å². The fraction of sp³-hybridized carbons (Fsp3) is 0.900. The summed E-state index contributed by atoms with van der Waals surface area (Å²) in [6.07, 6.45) is -4.43. The molecule has 1 fully saturated rings. The van der Waals surface area contributed by atoms with E-state index in [1.807, 2.05) is 0 Å². The number of hydrogen-bond acceptors (Lipinski definition) is 2. The van der Waals surface area contributed by atoms with E-state index < -0.39 is 24.9 Å².